The van der Waals surface area contributed by atoms with E-state index in [1.807, 2.05) is 0 Å². The van der Waals surface area contributed by atoms with Crippen molar-refractivity contribution >= 4 is 67.8 Å². The van der Waals surface area contributed by atoms with Crippen LogP contribution in [0.4, 0.5) is 34.1 Å². The van der Waals surface area contributed by atoms with Gasteiger partial charge in [-0.05, 0) is 117 Å². The van der Waals surface area contributed by atoms with Crippen LogP contribution in [0.3, 0.4) is 0 Å². The second-order valence-corrected chi connectivity index (χ2v) is 13.5. The first-order valence-corrected chi connectivity index (χ1v) is 18.4. The first-order valence-electron chi connectivity index (χ1n) is 18.4. The van der Waals surface area contributed by atoms with Gasteiger partial charge in [-0.2, -0.15) is 0 Å². The Morgan fingerprint density at radius 1 is 0.241 bits per heavy atom. The first kappa shape index (κ1) is 32.7. The maximum Gasteiger partial charge on any atom is 0.0468 e. The summed E-state index contributed by atoms with van der Waals surface area (Å²) in [5.74, 6) is 0. The molecule has 0 spiro atoms. The molecule has 0 amide bonds. The molecule has 0 heterocycles. The van der Waals surface area contributed by atoms with Gasteiger partial charge in [0.25, 0.3) is 0 Å². The zero-order valence-corrected chi connectivity index (χ0v) is 29.8. The number of hydrogen-bond acceptors (Lipinski definition) is 2. The van der Waals surface area contributed by atoms with Gasteiger partial charge in [0.15, 0.2) is 0 Å². The number of fused-ring (bicyclic) bond motifs is 2. The van der Waals surface area contributed by atoms with Crippen molar-refractivity contribution in [3.8, 4) is 11.1 Å². The molecule has 2 nitrogen and oxygen atoms in total. The summed E-state index contributed by atoms with van der Waals surface area (Å²) in [6.45, 7) is 0. The fraction of sp³-hybridized carbons (Fsp3) is 0. The van der Waals surface area contributed by atoms with E-state index in [1.54, 1.807) is 0 Å². The van der Waals surface area contributed by atoms with E-state index in [9.17, 15) is 0 Å². The number of anilines is 6. The van der Waals surface area contributed by atoms with Gasteiger partial charge < -0.3 is 9.80 Å². The van der Waals surface area contributed by atoms with Gasteiger partial charge in [-0.15, -0.1) is 0 Å². The molecule has 0 bridgehead atoms. The Hall–Kier alpha value is -7.16. The molecule has 9 aromatic rings. The highest BCUT2D eigenvalue weighted by Crippen LogP contribution is 2.38. The second-order valence-electron chi connectivity index (χ2n) is 13.5. The molecule has 0 N–H and O–H groups in total. The van der Waals surface area contributed by atoms with Gasteiger partial charge in [0.1, 0.15) is 0 Å². The minimum absolute atomic E-state index is 1.11. The van der Waals surface area contributed by atoms with Crippen molar-refractivity contribution in [2.75, 3.05) is 9.80 Å². The quantitative estimate of drug-likeness (QED) is 0.139. The van der Waals surface area contributed by atoms with Crippen LogP contribution in [0.2, 0.25) is 0 Å². The lowest BCUT2D eigenvalue weighted by molar-refractivity contribution is 1.29. The average Bonchev–Trinajstić information content (AvgIpc) is 3.25. The van der Waals surface area contributed by atoms with Crippen LogP contribution >= 0.6 is 0 Å². The zero-order chi connectivity index (χ0) is 36.1. The summed E-state index contributed by atoms with van der Waals surface area (Å²) < 4.78 is 0. The minimum Gasteiger partial charge on any atom is -0.310 e. The van der Waals surface area contributed by atoms with Crippen LogP contribution in [0.1, 0.15) is 11.1 Å². The average molecular weight is 691 g/mol. The molecule has 256 valence electrons. The van der Waals surface area contributed by atoms with Crippen molar-refractivity contribution in [3.05, 3.63) is 230 Å². The Kier molecular flexibility index (Phi) is 8.99. The van der Waals surface area contributed by atoms with Crippen LogP contribution in [0.15, 0.2) is 218 Å². The van der Waals surface area contributed by atoms with Gasteiger partial charge in [0, 0.05) is 34.1 Å². The van der Waals surface area contributed by atoms with Crippen LogP contribution in [0, 0.1) is 0 Å². The predicted molar refractivity (Wildman–Crippen MR) is 232 cm³/mol. The van der Waals surface area contributed by atoms with E-state index in [2.05, 4.69) is 240 Å². The summed E-state index contributed by atoms with van der Waals surface area (Å²) in [6.07, 6.45) is 4.37. The molecule has 0 saturated heterocycles. The Bertz CT molecular complexity index is 2680. The van der Waals surface area contributed by atoms with Crippen molar-refractivity contribution in [2.45, 2.75) is 0 Å². The van der Waals surface area contributed by atoms with E-state index in [0.29, 0.717) is 0 Å². The number of hydrogen-bond donors (Lipinski definition) is 0. The molecule has 2 heteroatoms. The molecule has 9 aromatic carbocycles. The Morgan fingerprint density at radius 3 is 1.04 bits per heavy atom. The summed E-state index contributed by atoms with van der Waals surface area (Å²) in [5, 5.41) is 4.91. The van der Waals surface area contributed by atoms with Crippen molar-refractivity contribution in [1.82, 2.24) is 0 Å². The second kappa shape index (κ2) is 14.8. The lowest BCUT2D eigenvalue weighted by Gasteiger charge is -2.26. The van der Waals surface area contributed by atoms with E-state index in [0.717, 1.165) is 45.3 Å². The SMILES string of the molecule is C(=C\c1ccc(N(c2ccc(-c3ccccc3)cc2)c2ccc3ccccc3c2)cc1)/c1ccc(N(c2ccccc2)c2ccc3ccccc3c2)cc1. The molecule has 9 rings (SSSR count). The van der Waals surface area contributed by atoms with Gasteiger partial charge in [-0.1, -0.05) is 158 Å². The van der Waals surface area contributed by atoms with Crippen LogP contribution in [-0.4, -0.2) is 0 Å². The summed E-state index contributed by atoms with van der Waals surface area (Å²) in [4.78, 5) is 4.65. The molecule has 0 aromatic heterocycles. The van der Waals surface area contributed by atoms with Crippen LogP contribution in [0.25, 0.3) is 44.8 Å². The molecule has 0 atom stereocenters. The van der Waals surface area contributed by atoms with Crippen molar-refractivity contribution in [1.29, 1.82) is 0 Å². The molecule has 0 aliphatic carbocycles. The normalized spacial score (nSPS) is 11.3. The van der Waals surface area contributed by atoms with Crippen molar-refractivity contribution in [3.63, 3.8) is 0 Å². The van der Waals surface area contributed by atoms with E-state index < -0.39 is 0 Å². The highest BCUT2D eigenvalue weighted by Gasteiger charge is 2.15. The Balaban J connectivity index is 0.988. The molecular formula is C52H38N2. The van der Waals surface area contributed by atoms with E-state index >= 15 is 0 Å². The molecule has 0 aliphatic heterocycles. The van der Waals surface area contributed by atoms with Crippen molar-refractivity contribution < 1.29 is 0 Å². The van der Waals surface area contributed by atoms with Crippen molar-refractivity contribution in [2.24, 2.45) is 0 Å². The topological polar surface area (TPSA) is 6.48 Å². The largest absolute Gasteiger partial charge is 0.310 e. The monoisotopic (exact) mass is 690 g/mol. The van der Waals surface area contributed by atoms with Gasteiger partial charge in [0.05, 0.1) is 0 Å². The van der Waals surface area contributed by atoms with Crippen LogP contribution < -0.4 is 9.80 Å². The lowest BCUT2D eigenvalue weighted by Crippen LogP contribution is -2.09. The van der Waals surface area contributed by atoms with Gasteiger partial charge in [-0.3, -0.25) is 0 Å². The number of nitrogens with zero attached hydrogens (tertiary/aromatic N) is 2. The molecule has 0 radical (unpaired) electrons. The van der Waals surface area contributed by atoms with Crippen LogP contribution in [0.5, 0.6) is 0 Å². The van der Waals surface area contributed by atoms with Gasteiger partial charge in [-0.25, -0.2) is 0 Å². The third kappa shape index (κ3) is 6.89. The lowest BCUT2D eigenvalue weighted by atomic mass is 10.0. The molecular weight excluding hydrogens is 653 g/mol. The summed E-state index contributed by atoms with van der Waals surface area (Å²) in [6, 6.07) is 78.0. The summed E-state index contributed by atoms with van der Waals surface area (Å²) >= 11 is 0. The first-order chi connectivity index (χ1) is 26.7. The van der Waals surface area contributed by atoms with Gasteiger partial charge in [0.2, 0.25) is 0 Å². The third-order valence-corrected chi connectivity index (χ3v) is 10.0. The molecule has 0 fully saturated rings. The van der Waals surface area contributed by atoms with Crippen LogP contribution in [-0.2, 0) is 0 Å². The smallest absolute Gasteiger partial charge is 0.0468 e. The fourth-order valence-electron chi connectivity index (χ4n) is 7.20. The zero-order valence-electron chi connectivity index (χ0n) is 29.8. The standard InChI is InChI=1S/C52H38N2/c1-3-11-41(12-4-1)44-25-33-50(34-26-44)54(52-36-28-43-14-8-10-16-46(43)38-52)49-31-23-40(24-32-49)20-19-39-21-29-48(30-22-39)53(47-17-5-2-6-18-47)51-35-27-42-13-7-9-15-45(42)37-51/h1-38H/b20-19+. The molecule has 54 heavy (non-hydrogen) atoms. The summed E-state index contributed by atoms with van der Waals surface area (Å²) in [5.41, 5.74) is 11.4. The third-order valence-electron chi connectivity index (χ3n) is 10.0. The number of benzene rings is 9. The van der Waals surface area contributed by atoms with E-state index in [1.165, 1.54) is 32.7 Å². The Labute approximate surface area is 317 Å². The van der Waals surface area contributed by atoms with Gasteiger partial charge >= 0.3 is 0 Å². The molecule has 0 aliphatic rings. The fourth-order valence-corrected chi connectivity index (χ4v) is 7.20. The minimum atomic E-state index is 1.11. The molecule has 0 unspecified atom stereocenters. The maximum absolute atomic E-state index is 2.33. The summed E-state index contributed by atoms with van der Waals surface area (Å²) in [7, 11) is 0. The number of rotatable bonds is 9. The highest BCUT2D eigenvalue weighted by atomic mass is 15.1. The molecule has 0 saturated carbocycles. The number of para-hydroxylation sites is 1. The highest BCUT2D eigenvalue weighted by molar-refractivity contribution is 5.91. The Morgan fingerprint density at radius 2 is 0.574 bits per heavy atom. The van der Waals surface area contributed by atoms with E-state index in [4.69, 9.17) is 0 Å². The maximum atomic E-state index is 2.33. The van der Waals surface area contributed by atoms with E-state index in [-0.39, 0.29) is 0 Å². The predicted octanol–water partition coefficient (Wildman–Crippen LogP) is 14.8.